The number of thiazole rings is 1. The van der Waals surface area contributed by atoms with Crippen molar-refractivity contribution in [2.24, 2.45) is 0 Å². The van der Waals surface area contributed by atoms with E-state index in [1.807, 2.05) is 17.5 Å². The van der Waals surface area contributed by atoms with Gasteiger partial charge in [0.2, 0.25) is 10.0 Å². The lowest BCUT2D eigenvalue weighted by Gasteiger charge is -2.33. The van der Waals surface area contributed by atoms with Crippen molar-refractivity contribution in [3.63, 3.8) is 0 Å². The van der Waals surface area contributed by atoms with Gasteiger partial charge in [0.15, 0.2) is 5.13 Å². The molecule has 1 saturated heterocycles. The molecule has 0 unspecified atom stereocenters. The first-order chi connectivity index (χ1) is 13.8. The molecule has 0 saturated carbocycles. The van der Waals surface area contributed by atoms with Crippen molar-refractivity contribution in [3.8, 4) is 11.3 Å². The van der Waals surface area contributed by atoms with Crippen LogP contribution in [0.5, 0.6) is 0 Å². The van der Waals surface area contributed by atoms with Crippen LogP contribution >= 0.6 is 50.5 Å². The molecule has 0 spiro atoms. The van der Waals surface area contributed by atoms with E-state index >= 15 is 0 Å². The zero-order valence-electron chi connectivity index (χ0n) is 15.1. The third-order valence-corrected chi connectivity index (χ3v) is 8.48. The Morgan fingerprint density at radius 3 is 2.48 bits per heavy atom. The maximum Gasteiger partial charge on any atom is 0.243 e. The van der Waals surface area contributed by atoms with Gasteiger partial charge in [-0.25, -0.2) is 13.4 Å². The standard InChI is InChI=1S/C19H16BrCl2N3O2S2/c20-13-2-1-3-15(10-13)29(26,27)25-8-6-24(7-9-25)19-23-18(12-28-19)16-5-4-14(21)11-17(16)22/h1-5,10-12H,6-9H2. The molecule has 4 rings (SSSR count). The van der Waals surface area contributed by atoms with E-state index in [2.05, 4.69) is 20.8 Å². The summed E-state index contributed by atoms with van der Waals surface area (Å²) in [6.07, 6.45) is 0. The number of anilines is 1. The van der Waals surface area contributed by atoms with Gasteiger partial charge < -0.3 is 4.90 Å². The van der Waals surface area contributed by atoms with Crippen LogP contribution < -0.4 is 4.90 Å². The smallest absolute Gasteiger partial charge is 0.243 e. The highest BCUT2D eigenvalue weighted by atomic mass is 79.9. The zero-order valence-corrected chi connectivity index (χ0v) is 19.8. The summed E-state index contributed by atoms with van der Waals surface area (Å²) in [5.41, 5.74) is 1.62. The molecule has 0 N–H and O–H groups in total. The van der Waals surface area contributed by atoms with Crippen LogP contribution in [0.4, 0.5) is 5.13 Å². The number of piperazine rings is 1. The highest BCUT2D eigenvalue weighted by Crippen LogP contribution is 2.34. The molecule has 1 aromatic heterocycles. The second kappa shape index (κ2) is 8.53. The molecular weight excluding hydrogens is 517 g/mol. The minimum absolute atomic E-state index is 0.300. The van der Waals surface area contributed by atoms with Crippen LogP contribution in [-0.2, 0) is 10.0 Å². The highest BCUT2D eigenvalue weighted by Gasteiger charge is 2.29. The maximum absolute atomic E-state index is 12.9. The second-order valence-electron chi connectivity index (χ2n) is 6.49. The van der Waals surface area contributed by atoms with Crippen LogP contribution in [0.2, 0.25) is 10.0 Å². The van der Waals surface area contributed by atoms with Gasteiger partial charge in [0, 0.05) is 46.6 Å². The average molecular weight is 533 g/mol. The summed E-state index contributed by atoms with van der Waals surface area (Å²) in [4.78, 5) is 7.10. The summed E-state index contributed by atoms with van der Waals surface area (Å²) < 4.78 is 28.0. The van der Waals surface area contributed by atoms with Gasteiger partial charge in [0.1, 0.15) is 0 Å². The number of sulfonamides is 1. The van der Waals surface area contributed by atoms with Crippen LogP contribution in [0.3, 0.4) is 0 Å². The third-order valence-electron chi connectivity index (χ3n) is 4.64. The highest BCUT2D eigenvalue weighted by molar-refractivity contribution is 9.10. The fraction of sp³-hybridized carbons (Fsp3) is 0.211. The molecule has 5 nitrogen and oxygen atoms in total. The van der Waals surface area contributed by atoms with E-state index in [9.17, 15) is 8.42 Å². The van der Waals surface area contributed by atoms with E-state index in [4.69, 9.17) is 28.2 Å². The molecule has 0 bridgehead atoms. The van der Waals surface area contributed by atoms with Crippen molar-refractivity contribution in [2.75, 3.05) is 31.1 Å². The molecule has 10 heteroatoms. The first-order valence-electron chi connectivity index (χ1n) is 8.76. The number of rotatable bonds is 4. The largest absolute Gasteiger partial charge is 0.345 e. The van der Waals surface area contributed by atoms with Gasteiger partial charge in [-0.1, -0.05) is 45.2 Å². The molecule has 2 aromatic carbocycles. The Bertz CT molecular complexity index is 1150. The molecular formula is C19H16BrCl2N3O2S2. The van der Waals surface area contributed by atoms with Crippen LogP contribution in [-0.4, -0.2) is 43.9 Å². The minimum atomic E-state index is -3.51. The van der Waals surface area contributed by atoms with Crippen molar-refractivity contribution in [3.05, 3.63) is 62.4 Å². The van der Waals surface area contributed by atoms with Crippen molar-refractivity contribution in [2.45, 2.75) is 4.90 Å². The molecule has 0 aliphatic carbocycles. The summed E-state index contributed by atoms with van der Waals surface area (Å²) in [6, 6.07) is 12.1. The molecule has 0 atom stereocenters. The topological polar surface area (TPSA) is 53.5 Å². The summed E-state index contributed by atoms with van der Waals surface area (Å²) in [5.74, 6) is 0. The van der Waals surface area contributed by atoms with E-state index < -0.39 is 10.0 Å². The van der Waals surface area contributed by atoms with Gasteiger partial charge in [0.25, 0.3) is 0 Å². The normalized spacial score (nSPS) is 15.6. The number of hydrogen-bond acceptors (Lipinski definition) is 5. The van der Waals surface area contributed by atoms with Gasteiger partial charge in [-0.05, 0) is 36.4 Å². The number of benzene rings is 2. The summed E-state index contributed by atoms with van der Waals surface area (Å²) >= 11 is 17.1. The Kier molecular flexibility index (Phi) is 6.20. The Morgan fingerprint density at radius 2 is 1.79 bits per heavy atom. The third kappa shape index (κ3) is 4.47. The van der Waals surface area contributed by atoms with Crippen LogP contribution in [0.25, 0.3) is 11.3 Å². The minimum Gasteiger partial charge on any atom is -0.345 e. The van der Waals surface area contributed by atoms with E-state index in [0.29, 0.717) is 41.1 Å². The molecule has 0 amide bonds. The summed E-state index contributed by atoms with van der Waals surface area (Å²) in [7, 11) is -3.51. The van der Waals surface area contributed by atoms with Crippen LogP contribution in [0.1, 0.15) is 0 Å². The lowest BCUT2D eigenvalue weighted by Crippen LogP contribution is -2.48. The number of aromatic nitrogens is 1. The Balaban J connectivity index is 1.47. The summed E-state index contributed by atoms with van der Waals surface area (Å²) in [5, 5.41) is 3.94. The van der Waals surface area contributed by atoms with Crippen LogP contribution in [0, 0.1) is 0 Å². The van der Waals surface area contributed by atoms with Gasteiger partial charge in [-0.2, -0.15) is 4.31 Å². The van der Waals surface area contributed by atoms with Gasteiger partial charge in [-0.3, -0.25) is 0 Å². The van der Waals surface area contributed by atoms with E-state index in [0.717, 1.165) is 20.9 Å². The molecule has 3 aromatic rings. The molecule has 152 valence electrons. The fourth-order valence-corrected chi connectivity index (χ4v) is 6.53. The van der Waals surface area contributed by atoms with E-state index in [-0.39, 0.29) is 0 Å². The lowest BCUT2D eigenvalue weighted by molar-refractivity contribution is 0.385. The van der Waals surface area contributed by atoms with Crippen molar-refractivity contribution in [1.82, 2.24) is 9.29 Å². The van der Waals surface area contributed by atoms with Gasteiger partial charge >= 0.3 is 0 Å². The van der Waals surface area contributed by atoms with E-state index in [1.165, 1.54) is 15.6 Å². The molecule has 1 fully saturated rings. The molecule has 0 radical (unpaired) electrons. The number of nitrogens with zero attached hydrogens (tertiary/aromatic N) is 3. The number of hydrogen-bond donors (Lipinski definition) is 0. The monoisotopic (exact) mass is 531 g/mol. The quantitative estimate of drug-likeness (QED) is 0.452. The van der Waals surface area contributed by atoms with Crippen LogP contribution in [0.15, 0.2) is 57.2 Å². The summed E-state index contributed by atoms with van der Waals surface area (Å²) in [6.45, 7) is 1.97. The fourth-order valence-electron chi connectivity index (χ4n) is 3.13. The number of halogens is 3. The molecule has 29 heavy (non-hydrogen) atoms. The Labute approximate surface area is 192 Å². The molecule has 1 aliphatic rings. The first-order valence-corrected chi connectivity index (χ1v) is 12.6. The predicted molar refractivity (Wildman–Crippen MR) is 123 cm³/mol. The Morgan fingerprint density at radius 1 is 1.03 bits per heavy atom. The first kappa shape index (κ1) is 21.1. The molecule has 1 aliphatic heterocycles. The van der Waals surface area contributed by atoms with Gasteiger partial charge in [-0.15, -0.1) is 11.3 Å². The average Bonchev–Trinajstić information content (AvgIpc) is 3.18. The Hall–Kier alpha value is -1.16. The zero-order chi connectivity index (χ0) is 20.6. The lowest BCUT2D eigenvalue weighted by atomic mass is 10.2. The van der Waals surface area contributed by atoms with Crippen molar-refractivity contribution >= 4 is 65.6 Å². The second-order valence-corrected chi connectivity index (χ2v) is 11.0. The van der Waals surface area contributed by atoms with Crippen molar-refractivity contribution < 1.29 is 8.42 Å². The SMILES string of the molecule is O=S(=O)(c1cccc(Br)c1)N1CCN(c2nc(-c3ccc(Cl)cc3Cl)cs2)CC1. The van der Waals surface area contributed by atoms with E-state index in [1.54, 1.807) is 30.3 Å². The molecule has 2 heterocycles. The predicted octanol–water partition coefficient (Wildman–Crippen LogP) is 5.39. The maximum atomic E-state index is 12.9. The van der Waals surface area contributed by atoms with Crippen molar-refractivity contribution in [1.29, 1.82) is 0 Å². The van der Waals surface area contributed by atoms with Gasteiger partial charge in [0.05, 0.1) is 15.6 Å².